The van der Waals surface area contributed by atoms with Crippen LogP contribution in [0.4, 0.5) is 5.69 Å². The number of hydrogen-bond donors (Lipinski definition) is 1. The SMILES string of the molecule is O=C(Nc1ccc(C(=O)N2CCCCCC2)cc1)c1cccs1. The zero-order chi connectivity index (χ0) is 16.1. The molecule has 1 saturated heterocycles. The normalized spacial score (nSPS) is 15.0. The predicted molar refractivity (Wildman–Crippen MR) is 93.1 cm³/mol. The van der Waals surface area contributed by atoms with E-state index in [0.29, 0.717) is 16.1 Å². The van der Waals surface area contributed by atoms with Crippen LogP contribution >= 0.6 is 11.3 Å². The third kappa shape index (κ3) is 3.99. The van der Waals surface area contributed by atoms with Crippen LogP contribution in [0.25, 0.3) is 0 Å². The molecule has 1 aliphatic rings. The van der Waals surface area contributed by atoms with Crippen LogP contribution in [0.3, 0.4) is 0 Å². The first-order chi connectivity index (χ1) is 11.2. The van der Waals surface area contributed by atoms with Crippen LogP contribution in [0.15, 0.2) is 41.8 Å². The van der Waals surface area contributed by atoms with Crippen LogP contribution in [-0.2, 0) is 0 Å². The second-order valence-corrected chi connectivity index (χ2v) is 6.66. The molecule has 0 unspecified atom stereocenters. The van der Waals surface area contributed by atoms with E-state index in [1.54, 1.807) is 30.3 Å². The highest BCUT2D eigenvalue weighted by Gasteiger charge is 2.17. The summed E-state index contributed by atoms with van der Waals surface area (Å²) in [5.74, 6) is -0.0328. The number of nitrogens with zero attached hydrogens (tertiary/aromatic N) is 1. The standard InChI is InChI=1S/C18H20N2O2S/c21-17(16-6-5-13-23-16)19-15-9-7-14(8-10-15)18(22)20-11-3-1-2-4-12-20/h5-10,13H,1-4,11-12H2,(H,19,21). The monoisotopic (exact) mass is 328 g/mol. The van der Waals surface area contributed by atoms with E-state index in [1.165, 1.54) is 24.2 Å². The van der Waals surface area contributed by atoms with Crippen molar-refractivity contribution in [3.63, 3.8) is 0 Å². The predicted octanol–water partition coefficient (Wildman–Crippen LogP) is 4.02. The van der Waals surface area contributed by atoms with Gasteiger partial charge in [0.25, 0.3) is 11.8 Å². The molecule has 2 heterocycles. The van der Waals surface area contributed by atoms with Crippen molar-refractivity contribution in [2.45, 2.75) is 25.7 Å². The summed E-state index contributed by atoms with van der Waals surface area (Å²) in [7, 11) is 0. The maximum absolute atomic E-state index is 12.5. The molecule has 3 rings (SSSR count). The van der Waals surface area contributed by atoms with Crippen LogP contribution in [0, 0.1) is 0 Å². The maximum Gasteiger partial charge on any atom is 0.265 e. The quantitative estimate of drug-likeness (QED) is 0.925. The van der Waals surface area contributed by atoms with E-state index in [-0.39, 0.29) is 11.8 Å². The molecular formula is C18H20N2O2S. The highest BCUT2D eigenvalue weighted by Crippen LogP contribution is 2.17. The number of benzene rings is 1. The van der Waals surface area contributed by atoms with Gasteiger partial charge in [-0.2, -0.15) is 0 Å². The van der Waals surface area contributed by atoms with Gasteiger partial charge in [0, 0.05) is 24.3 Å². The first kappa shape index (κ1) is 15.7. The van der Waals surface area contributed by atoms with E-state index in [0.717, 1.165) is 25.9 Å². The van der Waals surface area contributed by atoms with Crippen LogP contribution < -0.4 is 5.32 Å². The van der Waals surface area contributed by atoms with E-state index >= 15 is 0 Å². The summed E-state index contributed by atoms with van der Waals surface area (Å²) >= 11 is 1.41. The van der Waals surface area contributed by atoms with E-state index in [1.807, 2.05) is 16.3 Å². The van der Waals surface area contributed by atoms with E-state index in [9.17, 15) is 9.59 Å². The zero-order valence-electron chi connectivity index (χ0n) is 13.0. The molecule has 0 aliphatic carbocycles. The van der Waals surface area contributed by atoms with Crippen molar-refractivity contribution in [3.05, 3.63) is 52.2 Å². The summed E-state index contributed by atoms with van der Waals surface area (Å²) in [6.45, 7) is 1.69. The Balaban J connectivity index is 1.64. The highest BCUT2D eigenvalue weighted by molar-refractivity contribution is 7.12. The van der Waals surface area contributed by atoms with Crippen molar-refractivity contribution in [3.8, 4) is 0 Å². The van der Waals surface area contributed by atoms with Gasteiger partial charge < -0.3 is 10.2 Å². The van der Waals surface area contributed by atoms with Gasteiger partial charge in [0.05, 0.1) is 4.88 Å². The van der Waals surface area contributed by atoms with Crippen LogP contribution in [0.2, 0.25) is 0 Å². The Morgan fingerprint density at radius 3 is 2.26 bits per heavy atom. The molecule has 1 fully saturated rings. The maximum atomic E-state index is 12.5. The molecule has 23 heavy (non-hydrogen) atoms. The van der Waals surface area contributed by atoms with E-state index in [4.69, 9.17) is 0 Å². The molecule has 0 radical (unpaired) electrons. The number of hydrogen-bond acceptors (Lipinski definition) is 3. The molecule has 2 aromatic rings. The van der Waals surface area contributed by atoms with Crippen molar-refractivity contribution in [2.24, 2.45) is 0 Å². The molecule has 5 heteroatoms. The summed E-state index contributed by atoms with van der Waals surface area (Å²) in [6.07, 6.45) is 4.58. The Bertz CT molecular complexity index is 657. The lowest BCUT2D eigenvalue weighted by Crippen LogP contribution is -2.31. The molecule has 2 amide bonds. The molecular weight excluding hydrogens is 308 g/mol. The van der Waals surface area contributed by atoms with Crippen LogP contribution in [-0.4, -0.2) is 29.8 Å². The summed E-state index contributed by atoms with van der Waals surface area (Å²) in [5.41, 5.74) is 1.39. The fourth-order valence-corrected chi connectivity index (χ4v) is 3.37. The number of anilines is 1. The van der Waals surface area contributed by atoms with Gasteiger partial charge in [0.15, 0.2) is 0 Å². The Morgan fingerprint density at radius 2 is 1.65 bits per heavy atom. The molecule has 0 atom stereocenters. The van der Waals surface area contributed by atoms with Gasteiger partial charge in [-0.3, -0.25) is 9.59 Å². The minimum atomic E-state index is -0.119. The zero-order valence-corrected chi connectivity index (χ0v) is 13.8. The fraction of sp³-hybridized carbons (Fsp3) is 0.333. The van der Waals surface area contributed by atoms with Gasteiger partial charge in [-0.25, -0.2) is 0 Å². The van der Waals surface area contributed by atoms with Gasteiger partial charge in [-0.05, 0) is 48.6 Å². The third-order valence-electron chi connectivity index (χ3n) is 4.03. The smallest absolute Gasteiger partial charge is 0.265 e. The van der Waals surface area contributed by atoms with Gasteiger partial charge in [-0.1, -0.05) is 18.9 Å². The first-order valence-corrected chi connectivity index (χ1v) is 8.86. The Hall–Kier alpha value is -2.14. The molecule has 1 aromatic carbocycles. The van der Waals surface area contributed by atoms with E-state index < -0.39 is 0 Å². The van der Waals surface area contributed by atoms with Crippen molar-refractivity contribution in [2.75, 3.05) is 18.4 Å². The molecule has 1 N–H and O–H groups in total. The summed E-state index contributed by atoms with van der Waals surface area (Å²) in [5, 5.41) is 4.72. The molecule has 0 saturated carbocycles. The van der Waals surface area contributed by atoms with Gasteiger partial charge >= 0.3 is 0 Å². The molecule has 0 spiro atoms. The second kappa shape index (κ2) is 7.42. The van der Waals surface area contributed by atoms with Crippen molar-refractivity contribution < 1.29 is 9.59 Å². The molecule has 4 nitrogen and oxygen atoms in total. The van der Waals surface area contributed by atoms with Crippen molar-refractivity contribution >= 4 is 28.8 Å². The Labute approximate surface area is 140 Å². The second-order valence-electron chi connectivity index (χ2n) is 5.72. The third-order valence-corrected chi connectivity index (χ3v) is 4.90. The largest absolute Gasteiger partial charge is 0.339 e. The first-order valence-electron chi connectivity index (χ1n) is 7.98. The van der Waals surface area contributed by atoms with Crippen molar-refractivity contribution in [1.29, 1.82) is 0 Å². The van der Waals surface area contributed by atoms with Gasteiger partial charge in [-0.15, -0.1) is 11.3 Å². The summed E-state index contributed by atoms with van der Waals surface area (Å²) < 4.78 is 0. The fourth-order valence-electron chi connectivity index (χ4n) is 2.75. The van der Waals surface area contributed by atoms with Gasteiger partial charge in [0.1, 0.15) is 0 Å². The van der Waals surface area contributed by atoms with Crippen LogP contribution in [0.5, 0.6) is 0 Å². The van der Waals surface area contributed by atoms with Crippen molar-refractivity contribution in [1.82, 2.24) is 4.90 Å². The van der Waals surface area contributed by atoms with Gasteiger partial charge in [0.2, 0.25) is 0 Å². The minimum absolute atomic E-state index is 0.0861. The van der Waals surface area contributed by atoms with Crippen LogP contribution in [0.1, 0.15) is 45.7 Å². The highest BCUT2D eigenvalue weighted by atomic mass is 32.1. The average Bonchev–Trinajstić information content (AvgIpc) is 2.98. The minimum Gasteiger partial charge on any atom is -0.339 e. The Morgan fingerprint density at radius 1 is 0.957 bits per heavy atom. The lowest BCUT2D eigenvalue weighted by atomic mass is 10.1. The molecule has 1 aromatic heterocycles. The summed E-state index contributed by atoms with van der Waals surface area (Å²) in [4.78, 5) is 27.1. The molecule has 120 valence electrons. The summed E-state index contributed by atoms with van der Waals surface area (Å²) in [6, 6.07) is 10.8. The van der Waals surface area contributed by atoms with E-state index in [2.05, 4.69) is 5.32 Å². The molecule has 0 bridgehead atoms. The number of nitrogens with one attached hydrogen (secondary N) is 1. The number of likely N-dealkylation sites (tertiary alicyclic amines) is 1. The number of thiophene rings is 1. The number of rotatable bonds is 3. The molecule has 1 aliphatic heterocycles. The average molecular weight is 328 g/mol. The topological polar surface area (TPSA) is 49.4 Å². The Kier molecular flexibility index (Phi) is 5.08. The number of carbonyl (C=O) groups is 2. The lowest BCUT2D eigenvalue weighted by molar-refractivity contribution is 0.0761. The lowest BCUT2D eigenvalue weighted by Gasteiger charge is -2.20. The number of amides is 2. The number of carbonyl (C=O) groups excluding carboxylic acids is 2.